The zero-order valence-corrected chi connectivity index (χ0v) is 13.9. The fourth-order valence-corrected chi connectivity index (χ4v) is 2.07. The van der Waals surface area contributed by atoms with Gasteiger partial charge in [-0.05, 0) is 30.4 Å². The number of rotatable bonds is 5. The maximum atomic E-state index is 11.3. The van der Waals surface area contributed by atoms with Crippen LogP contribution in [-0.2, 0) is 11.2 Å². The van der Waals surface area contributed by atoms with Gasteiger partial charge in [0, 0.05) is 11.6 Å². The smallest absolute Gasteiger partial charge is 0.169 e. The summed E-state index contributed by atoms with van der Waals surface area (Å²) in [6.07, 6.45) is 5.68. The van der Waals surface area contributed by atoms with Crippen LogP contribution in [0.3, 0.4) is 0 Å². The van der Waals surface area contributed by atoms with Crippen molar-refractivity contribution < 1.29 is 9.53 Å². The third-order valence-electron chi connectivity index (χ3n) is 3.29. The van der Waals surface area contributed by atoms with Crippen LogP contribution in [0.5, 0.6) is 5.75 Å². The Bertz CT molecular complexity index is 789. The van der Waals surface area contributed by atoms with Gasteiger partial charge in [-0.3, -0.25) is 4.79 Å². The van der Waals surface area contributed by atoms with Gasteiger partial charge in [-0.1, -0.05) is 26.8 Å². The highest BCUT2D eigenvalue weighted by Gasteiger charge is 2.12. The number of carbonyl (C=O) groups is 1. The number of nitrogens with zero attached hydrogens (tertiary/aromatic N) is 2. The number of carbonyl (C=O) groups excluding carboxylic acids is 1. The van der Waals surface area contributed by atoms with Crippen LogP contribution in [0.1, 0.15) is 33.3 Å². The summed E-state index contributed by atoms with van der Waals surface area (Å²) >= 11 is 0. The molecular formula is C18H21N3O2. The Morgan fingerprint density at radius 3 is 2.83 bits per heavy atom. The fraction of sp³-hybridized carbons (Fsp3) is 0.389. The molecule has 0 aromatic carbocycles. The van der Waals surface area contributed by atoms with Crippen molar-refractivity contribution in [1.82, 2.24) is 9.97 Å². The first-order valence-corrected chi connectivity index (χ1v) is 7.50. The Balaban J connectivity index is 2.25. The van der Waals surface area contributed by atoms with Crippen LogP contribution in [0.4, 0.5) is 0 Å². The van der Waals surface area contributed by atoms with E-state index in [2.05, 4.69) is 30.7 Å². The van der Waals surface area contributed by atoms with Gasteiger partial charge in [0.25, 0.3) is 0 Å². The third kappa shape index (κ3) is 4.43. The van der Waals surface area contributed by atoms with Crippen molar-refractivity contribution in [2.24, 2.45) is 5.41 Å². The lowest BCUT2D eigenvalue weighted by Crippen LogP contribution is -2.16. The number of allylic oxidation sites excluding steroid dienone is 2. The number of hydrogen-bond donors (Lipinski definition) is 1. The lowest BCUT2D eigenvalue weighted by Gasteiger charge is -2.18. The molecule has 0 fully saturated rings. The fourth-order valence-electron chi connectivity index (χ4n) is 2.07. The molecule has 0 saturated carbocycles. The van der Waals surface area contributed by atoms with E-state index < -0.39 is 0 Å². The minimum Gasteiger partial charge on any atom is -0.491 e. The molecule has 0 aliphatic carbocycles. The molecule has 2 heterocycles. The van der Waals surface area contributed by atoms with E-state index >= 15 is 0 Å². The van der Waals surface area contributed by atoms with E-state index in [0.29, 0.717) is 18.8 Å². The number of aromatic nitrogens is 2. The SMILES string of the molecule is CC(=O)/C(C#N)=C\Cc1c[nH]c2ncc(OCC(C)(C)C)cc12. The average molecular weight is 311 g/mol. The van der Waals surface area contributed by atoms with Gasteiger partial charge in [-0.25, -0.2) is 4.98 Å². The molecule has 2 aromatic rings. The number of ketones is 1. The summed E-state index contributed by atoms with van der Waals surface area (Å²) in [7, 11) is 0. The van der Waals surface area contributed by atoms with Crippen molar-refractivity contribution in [3.63, 3.8) is 0 Å². The normalized spacial score (nSPS) is 12.2. The number of pyridine rings is 1. The summed E-state index contributed by atoms with van der Waals surface area (Å²) in [5, 5.41) is 9.89. The lowest BCUT2D eigenvalue weighted by molar-refractivity contribution is -0.113. The van der Waals surface area contributed by atoms with E-state index in [9.17, 15) is 4.79 Å². The van der Waals surface area contributed by atoms with Crippen LogP contribution in [-0.4, -0.2) is 22.4 Å². The molecule has 0 saturated heterocycles. The van der Waals surface area contributed by atoms with Crippen LogP contribution < -0.4 is 4.74 Å². The van der Waals surface area contributed by atoms with Crippen molar-refractivity contribution in [1.29, 1.82) is 5.26 Å². The molecule has 2 rings (SSSR count). The van der Waals surface area contributed by atoms with Gasteiger partial charge in [0.1, 0.15) is 17.5 Å². The van der Waals surface area contributed by atoms with Crippen molar-refractivity contribution >= 4 is 16.8 Å². The number of hydrogen-bond acceptors (Lipinski definition) is 4. The Kier molecular flexibility index (Phi) is 4.85. The van der Waals surface area contributed by atoms with Gasteiger partial charge >= 0.3 is 0 Å². The lowest BCUT2D eigenvalue weighted by atomic mass is 9.99. The quantitative estimate of drug-likeness (QED) is 0.676. The minimum absolute atomic E-state index is 0.0713. The molecule has 0 bridgehead atoms. The number of Topliss-reactive ketones (excluding diaryl/α,β-unsaturated/α-hetero) is 1. The van der Waals surface area contributed by atoms with Crippen LogP contribution in [0.2, 0.25) is 0 Å². The Morgan fingerprint density at radius 2 is 2.22 bits per heavy atom. The zero-order chi connectivity index (χ0) is 17.0. The van der Waals surface area contributed by atoms with Crippen LogP contribution in [0, 0.1) is 16.7 Å². The average Bonchev–Trinajstić information content (AvgIpc) is 2.87. The predicted molar refractivity (Wildman–Crippen MR) is 89.1 cm³/mol. The van der Waals surface area contributed by atoms with E-state index in [1.165, 1.54) is 6.92 Å². The molecule has 120 valence electrons. The monoisotopic (exact) mass is 311 g/mol. The van der Waals surface area contributed by atoms with Crippen molar-refractivity contribution in [3.05, 3.63) is 35.7 Å². The van der Waals surface area contributed by atoms with Gasteiger partial charge < -0.3 is 9.72 Å². The summed E-state index contributed by atoms with van der Waals surface area (Å²) in [4.78, 5) is 18.7. The summed E-state index contributed by atoms with van der Waals surface area (Å²) in [5.41, 5.74) is 1.98. The van der Waals surface area contributed by atoms with Gasteiger partial charge in [-0.15, -0.1) is 0 Å². The molecule has 1 N–H and O–H groups in total. The number of H-pyrrole nitrogens is 1. The van der Waals surface area contributed by atoms with Crippen molar-refractivity contribution in [3.8, 4) is 11.8 Å². The van der Waals surface area contributed by atoms with E-state index in [1.807, 2.05) is 18.3 Å². The third-order valence-corrected chi connectivity index (χ3v) is 3.29. The molecule has 5 nitrogen and oxygen atoms in total. The topological polar surface area (TPSA) is 78.8 Å². The molecule has 0 aliphatic rings. The van der Waals surface area contributed by atoms with E-state index in [-0.39, 0.29) is 16.8 Å². The number of nitrogens with one attached hydrogen (secondary N) is 1. The van der Waals surface area contributed by atoms with Gasteiger partial charge in [0.05, 0.1) is 18.4 Å². The van der Waals surface area contributed by atoms with Crippen molar-refractivity contribution in [2.75, 3.05) is 6.61 Å². The number of ether oxygens (including phenoxy) is 1. The van der Waals surface area contributed by atoms with Crippen molar-refractivity contribution in [2.45, 2.75) is 34.1 Å². The standard InChI is InChI=1S/C18H21N3O2/c1-12(22)13(8-19)5-6-14-9-20-17-16(14)7-15(10-21-17)23-11-18(2,3)4/h5,7,9-10H,6,11H2,1-4H3,(H,20,21)/b13-5-. The van der Waals surface area contributed by atoms with Gasteiger partial charge in [-0.2, -0.15) is 5.26 Å². The Morgan fingerprint density at radius 1 is 1.48 bits per heavy atom. The summed E-state index contributed by atoms with van der Waals surface area (Å²) in [5.74, 6) is 0.490. The molecule has 0 radical (unpaired) electrons. The van der Waals surface area contributed by atoms with Gasteiger partial charge in [0.2, 0.25) is 0 Å². The molecule has 0 unspecified atom stereocenters. The van der Waals surface area contributed by atoms with Gasteiger partial charge in [0.15, 0.2) is 5.78 Å². The molecule has 5 heteroatoms. The molecule has 0 amide bonds. The first-order chi connectivity index (χ1) is 10.8. The van der Waals surface area contributed by atoms with Crippen LogP contribution in [0.15, 0.2) is 30.1 Å². The second kappa shape index (κ2) is 6.66. The van der Waals surface area contributed by atoms with E-state index in [1.54, 1.807) is 12.3 Å². The molecule has 0 atom stereocenters. The van der Waals surface area contributed by atoms with Crippen LogP contribution in [0.25, 0.3) is 11.0 Å². The first kappa shape index (κ1) is 16.8. The minimum atomic E-state index is -0.223. The number of aromatic amines is 1. The summed E-state index contributed by atoms with van der Waals surface area (Å²) in [6.45, 7) is 8.32. The molecule has 2 aromatic heterocycles. The second-order valence-electron chi connectivity index (χ2n) is 6.72. The Labute approximate surface area is 136 Å². The van der Waals surface area contributed by atoms with E-state index in [4.69, 9.17) is 10.00 Å². The molecule has 0 spiro atoms. The summed E-state index contributed by atoms with van der Waals surface area (Å²) in [6, 6.07) is 3.86. The molecular weight excluding hydrogens is 290 g/mol. The largest absolute Gasteiger partial charge is 0.491 e. The molecule has 23 heavy (non-hydrogen) atoms. The number of nitriles is 1. The first-order valence-electron chi connectivity index (χ1n) is 7.50. The highest BCUT2D eigenvalue weighted by Crippen LogP contribution is 2.24. The predicted octanol–water partition coefficient (Wildman–Crippen LogP) is 3.57. The van der Waals surface area contributed by atoms with E-state index in [0.717, 1.165) is 16.6 Å². The highest BCUT2D eigenvalue weighted by molar-refractivity contribution is 5.97. The maximum absolute atomic E-state index is 11.3. The zero-order valence-electron chi connectivity index (χ0n) is 13.9. The highest BCUT2D eigenvalue weighted by atomic mass is 16.5. The maximum Gasteiger partial charge on any atom is 0.169 e. The second-order valence-corrected chi connectivity index (χ2v) is 6.72. The Hall–Kier alpha value is -2.61. The number of fused-ring (bicyclic) bond motifs is 1. The molecule has 0 aliphatic heterocycles. The summed E-state index contributed by atoms with van der Waals surface area (Å²) < 4.78 is 5.79. The van der Waals surface area contributed by atoms with Crippen LogP contribution >= 0.6 is 0 Å².